The van der Waals surface area contributed by atoms with Crippen LogP contribution in [0.4, 0.5) is 0 Å². The van der Waals surface area contributed by atoms with E-state index in [1.807, 2.05) is 11.9 Å². The smallest absolute Gasteiger partial charge is 0.243 e. The first kappa shape index (κ1) is 59.4. The molecule has 0 spiro atoms. The Bertz CT molecular complexity index is 1210. The third-order valence-corrected chi connectivity index (χ3v) is 13.6. The molecule has 0 aromatic rings. The molecule has 2 aliphatic carbocycles. The predicted molar refractivity (Wildman–Crippen MR) is 273 cm³/mol. The lowest BCUT2D eigenvalue weighted by Crippen LogP contribution is -2.53. The molecule has 0 aromatic heterocycles. The van der Waals surface area contributed by atoms with E-state index in [0.717, 1.165) is 89.9 Å². The number of aliphatic hydroxyl groups is 2. The normalized spacial score (nSPS) is 14.9. The van der Waals surface area contributed by atoms with Crippen LogP contribution in [0.5, 0.6) is 0 Å². The van der Waals surface area contributed by atoms with Gasteiger partial charge in [0.1, 0.15) is 12.1 Å². The fourth-order valence-electron chi connectivity index (χ4n) is 9.14. The average Bonchev–Trinajstić information content (AvgIpc) is 4.26. The molecule has 0 radical (unpaired) electrons. The summed E-state index contributed by atoms with van der Waals surface area (Å²) in [7, 11) is 1.94. The van der Waals surface area contributed by atoms with Crippen LogP contribution in [0.3, 0.4) is 0 Å². The van der Waals surface area contributed by atoms with Crippen LogP contribution in [-0.2, 0) is 19.2 Å². The summed E-state index contributed by atoms with van der Waals surface area (Å²) >= 11 is 0. The number of allylic oxidation sites excluding steroid dienone is 4. The summed E-state index contributed by atoms with van der Waals surface area (Å²) < 4.78 is 0. The highest BCUT2D eigenvalue weighted by Gasteiger charge is 2.43. The van der Waals surface area contributed by atoms with Crippen molar-refractivity contribution in [2.24, 2.45) is 11.8 Å². The van der Waals surface area contributed by atoms with Crippen molar-refractivity contribution in [3.8, 4) is 0 Å². The summed E-state index contributed by atoms with van der Waals surface area (Å²) in [5.41, 5.74) is 0. The molecule has 2 atom stereocenters. The highest BCUT2D eigenvalue weighted by atomic mass is 16.3. The molecule has 66 heavy (non-hydrogen) atoms. The predicted octanol–water partition coefficient (Wildman–Crippen LogP) is 10.4. The van der Waals surface area contributed by atoms with E-state index < -0.39 is 12.1 Å². The third-order valence-electron chi connectivity index (χ3n) is 13.6. The van der Waals surface area contributed by atoms with E-state index in [1.54, 1.807) is 9.80 Å². The van der Waals surface area contributed by atoms with Crippen LogP contribution in [0, 0.1) is 11.8 Å². The number of carbonyl (C=O) groups is 4. The van der Waals surface area contributed by atoms with E-state index in [0.29, 0.717) is 39.0 Å². The molecule has 0 bridgehead atoms. The molecule has 4 N–H and O–H groups in total. The number of likely N-dealkylation sites (N-methyl/N-ethyl adjacent to an activating group) is 1. The van der Waals surface area contributed by atoms with Gasteiger partial charge in [0.05, 0.1) is 13.2 Å². The molecule has 2 rings (SSSR count). The van der Waals surface area contributed by atoms with Gasteiger partial charge < -0.3 is 35.5 Å². The van der Waals surface area contributed by atoms with Gasteiger partial charge in [0.15, 0.2) is 0 Å². The van der Waals surface area contributed by atoms with Gasteiger partial charge in [-0.05, 0) is 109 Å². The van der Waals surface area contributed by atoms with Crippen molar-refractivity contribution < 1.29 is 29.4 Å². The Morgan fingerprint density at radius 3 is 1.08 bits per heavy atom. The van der Waals surface area contributed by atoms with Crippen molar-refractivity contribution in [3.63, 3.8) is 0 Å². The second-order valence-electron chi connectivity index (χ2n) is 19.7. The van der Waals surface area contributed by atoms with E-state index in [-0.39, 0.29) is 61.8 Å². The van der Waals surface area contributed by atoms with Crippen LogP contribution in [-0.4, -0.2) is 120 Å². The summed E-state index contributed by atoms with van der Waals surface area (Å²) in [6, 6.07) is -1.11. The van der Waals surface area contributed by atoms with Crippen LogP contribution < -0.4 is 10.6 Å². The highest BCUT2D eigenvalue weighted by molar-refractivity contribution is 5.89. The van der Waals surface area contributed by atoms with Crippen molar-refractivity contribution in [2.45, 2.75) is 231 Å². The molecule has 2 unspecified atom stereocenters. The Kier molecular flexibility index (Phi) is 36.1. The Hall–Kier alpha value is -2.76. The number of carbonyl (C=O) groups excluding carboxylic acids is 4. The quantitative estimate of drug-likeness (QED) is 0.0352. The summed E-state index contributed by atoms with van der Waals surface area (Å²) in [5.74, 6) is -0.161. The summed E-state index contributed by atoms with van der Waals surface area (Å²) in [4.78, 5) is 59.2. The lowest BCUT2D eigenvalue weighted by atomic mass is 10.1. The zero-order valence-electron chi connectivity index (χ0n) is 42.8. The van der Waals surface area contributed by atoms with Crippen LogP contribution in [0.25, 0.3) is 0 Å². The maximum absolute atomic E-state index is 13.5. The first-order valence-electron chi connectivity index (χ1n) is 27.6. The van der Waals surface area contributed by atoms with Gasteiger partial charge in [-0.3, -0.25) is 19.2 Å². The SMILES string of the molecule is CCCCCCCC/C=C\CCCCCCCC(=O)N(CCO)C(C(=O)NCCN(C)CCNC(=O)C(C1CC1)N(CCO)C(=O)CCCCCCC/C=C\CCCCCCCC)C1CC1. The molecule has 2 fully saturated rings. The monoisotopic (exact) mass is 928 g/mol. The topological polar surface area (TPSA) is 143 Å². The number of hydrogen-bond donors (Lipinski definition) is 4. The third kappa shape index (κ3) is 29.2. The average molecular weight is 928 g/mol. The van der Waals surface area contributed by atoms with Crippen molar-refractivity contribution >= 4 is 23.6 Å². The lowest BCUT2D eigenvalue weighted by molar-refractivity contribution is -0.142. The molecule has 0 aromatic carbocycles. The molecule has 2 saturated carbocycles. The maximum Gasteiger partial charge on any atom is 0.243 e. The Balaban J connectivity index is 1.65. The molecule has 2 aliphatic rings. The molecule has 382 valence electrons. The molecular formula is C55H101N5O6. The molecule has 4 amide bonds. The van der Waals surface area contributed by atoms with Gasteiger partial charge in [-0.25, -0.2) is 0 Å². The van der Waals surface area contributed by atoms with Crippen molar-refractivity contribution in [3.05, 3.63) is 24.3 Å². The second kappa shape index (κ2) is 40.2. The van der Waals surface area contributed by atoms with Gasteiger partial charge in [0.25, 0.3) is 0 Å². The van der Waals surface area contributed by atoms with Crippen LogP contribution in [0.15, 0.2) is 24.3 Å². The van der Waals surface area contributed by atoms with E-state index in [2.05, 4.69) is 48.8 Å². The zero-order chi connectivity index (χ0) is 47.9. The van der Waals surface area contributed by atoms with Crippen molar-refractivity contribution in [1.29, 1.82) is 0 Å². The standard InChI is InChI=1S/C55H101N5O6/c1-4-6-8-10-12-14-16-18-20-22-24-26-28-30-32-34-50(63)59(44-46-61)52(48-36-37-48)54(65)56-40-42-58(3)43-41-57-55(66)53(49-38-39-49)60(45-47-62)51(64)35-33-31-29-27-25-23-21-19-17-15-13-11-9-7-5-2/h18-21,48-49,52-53,61-62H,4-17,22-47H2,1-3H3,(H,56,65)(H,57,66)/b20-18-,21-19-. The summed E-state index contributed by atoms with van der Waals surface area (Å²) in [6.07, 6.45) is 44.8. The fourth-order valence-corrected chi connectivity index (χ4v) is 9.14. The molecule has 0 aliphatic heterocycles. The van der Waals surface area contributed by atoms with Crippen molar-refractivity contribution in [2.75, 3.05) is 59.5 Å². The molecule has 11 nitrogen and oxygen atoms in total. The largest absolute Gasteiger partial charge is 0.395 e. The number of nitrogens with zero attached hydrogens (tertiary/aromatic N) is 3. The van der Waals surface area contributed by atoms with Crippen LogP contribution in [0.1, 0.15) is 219 Å². The molecule has 0 heterocycles. The van der Waals surface area contributed by atoms with Gasteiger partial charge in [-0.2, -0.15) is 0 Å². The minimum atomic E-state index is -0.557. The number of amides is 4. The van der Waals surface area contributed by atoms with E-state index in [1.165, 1.54) is 103 Å². The number of unbranched alkanes of at least 4 members (excludes halogenated alkanes) is 22. The minimum Gasteiger partial charge on any atom is -0.395 e. The Morgan fingerprint density at radius 2 is 0.773 bits per heavy atom. The minimum absolute atomic E-state index is 0.0478. The number of aliphatic hydroxyl groups excluding tert-OH is 2. The Labute approximate surface area is 404 Å². The number of rotatable bonds is 46. The van der Waals surface area contributed by atoms with Gasteiger partial charge in [0, 0.05) is 52.1 Å². The van der Waals surface area contributed by atoms with Crippen LogP contribution >= 0.6 is 0 Å². The lowest BCUT2D eigenvalue weighted by Gasteiger charge is -2.31. The fraction of sp³-hybridized carbons (Fsp3) is 0.855. The van der Waals surface area contributed by atoms with E-state index >= 15 is 0 Å². The molecular weight excluding hydrogens is 827 g/mol. The zero-order valence-corrected chi connectivity index (χ0v) is 42.8. The summed E-state index contributed by atoms with van der Waals surface area (Å²) in [6.45, 7) is 6.45. The molecule has 0 saturated heterocycles. The van der Waals surface area contributed by atoms with Gasteiger partial charge in [0.2, 0.25) is 23.6 Å². The van der Waals surface area contributed by atoms with Gasteiger partial charge >= 0.3 is 0 Å². The second-order valence-corrected chi connectivity index (χ2v) is 19.7. The Morgan fingerprint density at radius 1 is 0.470 bits per heavy atom. The first-order chi connectivity index (χ1) is 32.3. The van der Waals surface area contributed by atoms with Crippen LogP contribution in [0.2, 0.25) is 0 Å². The molecule has 11 heteroatoms. The maximum atomic E-state index is 13.5. The van der Waals surface area contributed by atoms with Crippen molar-refractivity contribution in [1.82, 2.24) is 25.3 Å². The summed E-state index contributed by atoms with van der Waals surface area (Å²) in [5, 5.41) is 25.8. The van der Waals surface area contributed by atoms with Gasteiger partial charge in [-0.1, -0.05) is 141 Å². The first-order valence-corrected chi connectivity index (χ1v) is 27.6. The van der Waals surface area contributed by atoms with E-state index in [4.69, 9.17) is 0 Å². The highest BCUT2D eigenvalue weighted by Crippen LogP contribution is 2.37. The number of hydrogen-bond acceptors (Lipinski definition) is 7. The van der Waals surface area contributed by atoms with Gasteiger partial charge in [-0.15, -0.1) is 0 Å². The van der Waals surface area contributed by atoms with E-state index in [9.17, 15) is 29.4 Å². The number of nitrogens with one attached hydrogen (secondary N) is 2.